The molecule has 1 aromatic rings. The van der Waals surface area contributed by atoms with E-state index in [0.29, 0.717) is 0 Å². The number of likely N-dealkylation sites (N-methyl/N-ethyl adjacent to an activating group) is 1. The highest BCUT2D eigenvalue weighted by Crippen LogP contribution is 2.22. The lowest BCUT2D eigenvalue weighted by molar-refractivity contribution is 0.220. The van der Waals surface area contributed by atoms with Crippen molar-refractivity contribution in [2.24, 2.45) is 12.8 Å². The van der Waals surface area contributed by atoms with Gasteiger partial charge in [-0.25, -0.2) is 0 Å². The van der Waals surface area contributed by atoms with Crippen molar-refractivity contribution in [1.82, 2.24) is 14.7 Å². The minimum atomic E-state index is 0.166. The molecule has 0 bridgehead atoms. The van der Waals surface area contributed by atoms with E-state index in [-0.39, 0.29) is 12.1 Å². The lowest BCUT2D eigenvalue weighted by Crippen LogP contribution is -2.38. The van der Waals surface area contributed by atoms with E-state index in [1.54, 1.807) is 0 Å². The van der Waals surface area contributed by atoms with Gasteiger partial charge in [0.05, 0.1) is 12.2 Å². The van der Waals surface area contributed by atoms with Gasteiger partial charge in [0.1, 0.15) is 0 Å². The predicted molar refractivity (Wildman–Crippen MR) is 62.5 cm³/mol. The molecule has 2 unspecified atom stereocenters. The van der Waals surface area contributed by atoms with Crippen LogP contribution in [0.4, 0.5) is 0 Å². The monoisotopic (exact) mass is 210 g/mol. The van der Waals surface area contributed by atoms with Crippen molar-refractivity contribution < 1.29 is 0 Å². The van der Waals surface area contributed by atoms with Crippen LogP contribution in [0.25, 0.3) is 0 Å². The van der Waals surface area contributed by atoms with Gasteiger partial charge in [0.2, 0.25) is 0 Å². The van der Waals surface area contributed by atoms with Crippen LogP contribution in [0.15, 0.2) is 12.4 Å². The van der Waals surface area contributed by atoms with Crippen LogP contribution in [0, 0.1) is 0 Å². The van der Waals surface area contributed by atoms with Gasteiger partial charge in [0, 0.05) is 24.8 Å². The van der Waals surface area contributed by atoms with E-state index in [1.165, 1.54) is 5.56 Å². The van der Waals surface area contributed by atoms with E-state index in [9.17, 15) is 0 Å². The first-order chi connectivity index (χ1) is 7.10. The third-order valence-corrected chi connectivity index (χ3v) is 2.92. The number of nitrogens with zero attached hydrogens (tertiary/aromatic N) is 3. The van der Waals surface area contributed by atoms with Crippen molar-refractivity contribution in [3.8, 4) is 0 Å². The minimum absolute atomic E-state index is 0.166. The molecule has 1 heterocycles. The van der Waals surface area contributed by atoms with Crippen molar-refractivity contribution in [1.29, 1.82) is 0 Å². The number of hydrogen-bond donors (Lipinski definition) is 1. The summed E-state index contributed by atoms with van der Waals surface area (Å²) < 4.78 is 1.83. The second-order valence-corrected chi connectivity index (χ2v) is 4.04. The summed E-state index contributed by atoms with van der Waals surface area (Å²) in [5, 5.41) is 4.21. The second kappa shape index (κ2) is 5.28. The lowest BCUT2D eigenvalue weighted by Gasteiger charge is -2.30. The smallest absolute Gasteiger partial charge is 0.0538 e. The summed E-state index contributed by atoms with van der Waals surface area (Å²) >= 11 is 0. The van der Waals surface area contributed by atoms with E-state index in [4.69, 9.17) is 5.73 Å². The molecule has 0 aliphatic carbocycles. The lowest BCUT2D eigenvalue weighted by atomic mass is 10.00. The molecule has 2 atom stereocenters. The first-order valence-electron chi connectivity index (χ1n) is 5.54. The molecule has 4 nitrogen and oxygen atoms in total. The van der Waals surface area contributed by atoms with Gasteiger partial charge in [0.15, 0.2) is 0 Å². The second-order valence-electron chi connectivity index (χ2n) is 4.04. The Bertz CT molecular complexity index is 285. The van der Waals surface area contributed by atoms with Crippen molar-refractivity contribution in [3.63, 3.8) is 0 Å². The zero-order valence-electron chi connectivity index (χ0n) is 10.1. The Labute approximate surface area is 92.1 Å². The number of aryl methyl sites for hydroxylation is 1. The largest absolute Gasteiger partial charge is 0.326 e. The van der Waals surface area contributed by atoms with Gasteiger partial charge in [-0.3, -0.25) is 9.58 Å². The molecule has 15 heavy (non-hydrogen) atoms. The number of nitrogens with two attached hydrogens (primary N) is 1. The number of aromatic nitrogens is 2. The maximum Gasteiger partial charge on any atom is 0.0538 e. The Hall–Kier alpha value is -0.870. The fraction of sp³-hybridized carbons (Fsp3) is 0.727. The molecule has 0 amide bonds. The van der Waals surface area contributed by atoms with Gasteiger partial charge < -0.3 is 5.73 Å². The molecule has 0 saturated heterocycles. The number of hydrogen-bond acceptors (Lipinski definition) is 3. The summed E-state index contributed by atoms with van der Waals surface area (Å²) in [6.07, 6.45) is 4.93. The molecule has 0 saturated carbocycles. The van der Waals surface area contributed by atoms with Crippen LogP contribution in [0.2, 0.25) is 0 Å². The fourth-order valence-corrected chi connectivity index (χ4v) is 1.84. The zero-order valence-corrected chi connectivity index (χ0v) is 10.1. The van der Waals surface area contributed by atoms with Crippen LogP contribution >= 0.6 is 0 Å². The van der Waals surface area contributed by atoms with Crippen LogP contribution in [-0.2, 0) is 7.05 Å². The molecule has 0 aromatic carbocycles. The van der Waals surface area contributed by atoms with E-state index in [1.807, 2.05) is 24.1 Å². The molecule has 4 heteroatoms. The molecular weight excluding hydrogens is 188 g/mol. The highest BCUT2D eigenvalue weighted by Gasteiger charge is 2.23. The molecule has 0 fully saturated rings. The summed E-state index contributed by atoms with van der Waals surface area (Å²) in [5.41, 5.74) is 7.36. The van der Waals surface area contributed by atoms with Crippen LogP contribution in [-0.4, -0.2) is 34.3 Å². The van der Waals surface area contributed by atoms with Crippen LogP contribution in [0.1, 0.15) is 31.9 Å². The topological polar surface area (TPSA) is 47.1 Å². The van der Waals surface area contributed by atoms with Crippen molar-refractivity contribution in [2.45, 2.75) is 32.4 Å². The number of rotatable bonds is 5. The molecule has 1 rings (SSSR count). The Balaban J connectivity index is 2.90. The molecule has 0 aliphatic rings. The molecule has 86 valence electrons. The van der Waals surface area contributed by atoms with Gasteiger partial charge in [-0.1, -0.05) is 13.8 Å². The first-order valence-corrected chi connectivity index (χ1v) is 5.54. The molecule has 2 N–H and O–H groups in total. The summed E-state index contributed by atoms with van der Waals surface area (Å²) in [7, 11) is 4.04. The standard InChI is InChI=1S/C11H22N4/c1-5-10(12)11(14(3)6-2)9-7-13-15(4)8-9/h7-8,10-11H,5-6,12H2,1-4H3. The third kappa shape index (κ3) is 2.79. The normalized spacial score (nSPS) is 15.6. The summed E-state index contributed by atoms with van der Waals surface area (Å²) in [5.74, 6) is 0. The average molecular weight is 210 g/mol. The molecule has 0 radical (unpaired) electrons. The highest BCUT2D eigenvalue weighted by atomic mass is 15.2. The third-order valence-electron chi connectivity index (χ3n) is 2.92. The molecule has 0 aliphatic heterocycles. The summed E-state index contributed by atoms with van der Waals surface area (Å²) in [4.78, 5) is 2.27. The SMILES string of the molecule is CCC(N)C(c1cnn(C)c1)N(C)CC. The maximum absolute atomic E-state index is 6.16. The van der Waals surface area contributed by atoms with E-state index in [2.05, 4.69) is 30.9 Å². The van der Waals surface area contributed by atoms with E-state index in [0.717, 1.165) is 13.0 Å². The molecule has 1 aromatic heterocycles. The zero-order chi connectivity index (χ0) is 11.4. The summed E-state index contributed by atoms with van der Waals surface area (Å²) in [6, 6.07) is 0.438. The average Bonchev–Trinajstić information content (AvgIpc) is 2.64. The quantitative estimate of drug-likeness (QED) is 0.793. The Morgan fingerprint density at radius 2 is 2.20 bits per heavy atom. The van der Waals surface area contributed by atoms with Crippen molar-refractivity contribution in [3.05, 3.63) is 18.0 Å². The molecule has 0 spiro atoms. The van der Waals surface area contributed by atoms with E-state index < -0.39 is 0 Å². The van der Waals surface area contributed by atoms with Gasteiger partial charge >= 0.3 is 0 Å². The minimum Gasteiger partial charge on any atom is -0.326 e. The summed E-state index contributed by atoms with van der Waals surface area (Å²) in [6.45, 7) is 5.26. The maximum atomic E-state index is 6.16. The Morgan fingerprint density at radius 3 is 2.60 bits per heavy atom. The Morgan fingerprint density at radius 1 is 1.53 bits per heavy atom. The predicted octanol–water partition coefficient (Wildman–Crippen LogP) is 1.15. The van der Waals surface area contributed by atoms with Crippen LogP contribution in [0.5, 0.6) is 0 Å². The van der Waals surface area contributed by atoms with E-state index >= 15 is 0 Å². The first kappa shape index (κ1) is 12.2. The van der Waals surface area contributed by atoms with Crippen molar-refractivity contribution >= 4 is 0 Å². The van der Waals surface area contributed by atoms with Gasteiger partial charge in [0.25, 0.3) is 0 Å². The van der Waals surface area contributed by atoms with Gasteiger partial charge in [-0.05, 0) is 20.0 Å². The van der Waals surface area contributed by atoms with Crippen LogP contribution < -0.4 is 5.73 Å². The van der Waals surface area contributed by atoms with Crippen molar-refractivity contribution in [2.75, 3.05) is 13.6 Å². The van der Waals surface area contributed by atoms with Crippen LogP contribution in [0.3, 0.4) is 0 Å². The Kier molecular flexibility index (Phi) is 4.29. The van der Waals surface area contributed by atoms with Gasteiger partial charge in [-0.2, -0.15) is 5.10 Å². The molecular formula is C11H22N4. The fourth-order valence-electron chi connectivity index (χ4n) is 1.84. The highest BCUT2D eigenvalue weighted by molar-refractivity contribution is 5.13. The van der Waals surface area contributed by atoms with Gasteiger partial charge in [-0.15, -0.1) is 0 Å².